The van der Waals surface area contributed by atoms with Gasteiger partial charge in [-0.15, -0.1) is 5.01 Å². The fourth-order valence-electron chi connectivity index (χ4n) is 1.04. The number of carboxylic acids is 1. The molecule has 0 aliphatic heterocycles. The number of ether oxygens (including phenoxy) is 2. The van der Waals surface area contributed by atoms with Crippen LogP contribution in [0.2, 0.25) is 0 Å². The van der Waals surface area contributed by atoms with E-state index in [1.165, 1.54) is 6.92 Å². The van der Waals surface area contributed by atoms with E-state index in [2.05, 4.69) is 19.6 Å². The molecular weight excluding hydrogens is 274 g/mol. The van der Waals surface area contributed by atoms with Crippen molar-refractivity contribution in [2.45, 2.75) is 40.0 Å². The summed E-state index contributed by atoms with van der Waals surface area (Å²) in [5.41, 5.74) is 0. The van der Waals surface area contributed by atoms with E-state index >= 15 is 0 Å². The topological polar surface area (TPSA) is 124 Å². The molecular formula is C10H19N3O7. The second-order valence-electron chi connectivity index (χ2n) is 3.89. The van der Waals surface area contributed by atoms with Crippen molar-refractivity contribution in [3.8, 4) is 0 Å². The van der Waals surface area contributed by atoms with Gasteiger partial charge < -0.3 is 19.8 Å². The monoisotopic (exact) mass is 293 g/mol. The molecule has 1 atom stereocenters. The molecule has 0 amide bonds. The maximum Gasteiger partial charge on any atom is 0.511 e. The Morgan fingerprint density at radius 2 is 2.00 bits per heavy atom. The summed E-state index contributed by atoms with van der Waals surface area (Å²) in [6, 6.07) is -0.405. The van der Waals surface area contributed by atoms with Gasteiger partial charge in [0.05, 0.1) is 17.6 Å². The first-order valence-electron chi connectivity index (χ1n) is 5.93. The summed E-state index contributed by atoms with van der Waals surface area (Å²) in [5.74, 6) is -1.19. The Balaban J connectivity index is 4.46. The Labute approximate surface area is 116 Å². The average Bonchev–Trinajstić information content (AvgIpc) is 2.32. The zero-order chi connectivity index (χ0) is 15.7. The summed E-state index contributed by atoms with van der Waals surface area (Å²) in [6.07, 6.45) is -2.11. The Morgan fingerprint density at radius 1 is 1.40 bits per heavy atom. The number of hydrogen-bond donors (Lipinski definition) is 1. The number of carboxylic acid groups (broad SMARTS) is 1. The normalized spacial score (nSPS) is 12.8. The first kappa shape index (κ1) is 17.7. The number of hydrogen-bond acceptors (Lipinski definition) is 7. The van der Waals surface area contributed by atoms with Crippen LogP contribution in [-0.2, 0) is 19.1 Å². The van der Waals surface area contributed by atoms with Crippen molar-refractivity contribution in [2.24, 2.45) is 5.28 Å². The molecule has 0 rings (SSSR count). The maximum absolute atomic E-state index is 11.6. The molecule has 1 N–H and O–H groups in total. The predicted molar refractivity (Wildman–Crippen MR) is 64.2 cm³/mol. The van der Waals surface area contributed by atoms with Crippen molar-refractivity contribution < 1.29 is 34.0 Å². The smallest absolute Gasteiger partial charge is 0.511 e. The fraction of sp³-hybridized carbons (Fsp3) is 0.800. The lowest BCUT2D eigenvalue weighted by atomic mass is 10.4. The highest BCUT2D eigenvalue weighted by atomic mass is 16.8. The van der Waals surface area contributed by atoms with Gasteiger partial charge in [0.15, 0.2) is 6.54 Å². The summed E-state index contributed by atoms with van der Waals surface area (Å²) in [7, 11) is 0. The van der Waals surface area contributed by atoms with Gasteiger partial charge in [-0.05, 0) is 20.8 Å². The average molecular weight is 293 g/mol. The van der Waals surface area contributed by atoms with Gasteiger partial charge in [0.1, 0.15) is 0 Å². The standard InChI is InChI=1S/C10H19N3O7/c1-5-18-10(16)19-8(4)20-11-13(17)12(7(2)3)6-9(14)15/h7-8H,5-6H2,1-4H3,(H,14,15). The second-order valence-corrected chi connectivity index (χ2v) is 3.89. The molecule has 116 valence electrons. The van der Waals surface area contributed by atoms with Crippen molar-refractivity contribution >= 4 is 12.1 Å². The largest absolute Gasteiger partial charge is 0.569 e. The molecule has 10 heteroatoms. The number of carbonyl (C=O) groups excluding carboxylic acids is 1. The molecule has 0 bridgehead atoms. The molecule has 0 saturated carbocycles. The van der Waals surface area contributed by atoms with Gasteiger partial charge in [0.2, 0.25) is 5.28 Å². The van der Waals surface area contributed by atoms with Gasteiger partial charge in [-0.2, -0.15) is 0 Å². The molecule has 0 radical (unpaired) electrons. The van der Waals surface area contributed by atoms with Crippen LogP contribution < -0.4 is 0 Å². The van der Waals surface area contributed by atoms with Crippen LogP contribution in [-0.4, -0.2) is 52.7 Å². The van der Waals surface area contributed by atoms with Gasteiger partial charge in [-0.25, -0.2) is 4.79 Å². The predicted octanol–water partition coefficient (Wildman–Crippen LogP) is 1.11. The maximum atomic E-state index is 11.6. The van der Waals surface area contributed by atoms with E-state index < -0.39 is 31.0 Å². The van der Waals surface area contributed by atoms with E-state index in [4.69, 9.17) is 5.11 Å². The number of aliphatic carboxylic acids is 1. The highest BCUT2D eigenvalue weighted by Crippen LogP contribution is 2.02. The van der Waals surface area contributed by atoms with Crippen LogP contribution in [0.5, 0.6) is 0 Å². The van der Waals surface area contributed by atoms with Gasteiger partial charge in [0.25, 0.3) is 6.29 Å². The van der Waals surface area contributed by atoms with Crippen LogP contribution in [0.25, 0.3) is 0 Å². The molecule has 0 aromatic rings. The molecule has 0 aliphatic carbocycles. The summed E-state index contributed by atoms with van der Waals surface area (Å²) in [6.45, 7) is 5.75. The molecule has 0 aromatic heterocycles. The molecule has 10 nitrogen and oxygen atoms in total. The van der Waals surface area contributed by atoms with Gasteiger partial charge in [-0.1, -0.05) is 0 Å². The summed E-state index contributed by atoms with van der Waals surface area (Å²) >= 11 is 0. The zero-order valence-corrected chi connectivity index (χ0v) is 11.8. The van der Waals surface area contributed by atoms with Crippen molar-refractivity contribution in [3.05, 3.63) is 5.21 Å². The molecule has 0 aliphatic rings. The SMILES string of the molecule is CCOC(=O)OC(C)ON=[N+]([O-])N(CC(=O)O)C(C)C. The van der Waals surface area contributed by atoms with E-state index in [-0.39, 0.29) is 11.6 Å². The van der Waals surface area contributed by atoms with Crippen LogP contribution >= 0.6 is 0 Å². The number of carbonyl (C=O) groups is 2. The number of rotatable bonds is 8. The molecule has 20 heavy (non-hydrogen) atoms. The fourth-order valence-corrected chi connectivity index (χ4v) is 1.04. The highest BCUT2D eigenvalue weighted by Gasteiger charge is 2.22. The van der Waals surface area contributed by atoms with Crippen LogP contribution in [0, 0.1) is 5.21 Å². The Hall–Kier alpha value is -2.26. The first-order chi connectivity index (χ1) is 9.27. The number of hydrazine groups is 1. The molecule has 0 saturated heterocycles. The third-order valence-electron chi connectivity index (χ3n) is 1.90. The summed E-state index contributed by atoms with van der Waals surface area (Å²) in [5, 5.41) is 24.2. The second kappa shape index (κ2) is 8.77. The molecule has 0 heterocycles. The van der Waals surface area contributed by atoms with E-state index in [1.54, 1.807) is 20.8 Å². The van der Waals surface area contributed by atoms with E-state index in [0.29, 0.717) is 0 Å². The quantitative estimate of drug-likeness (QED) is 0.232. The molecule has 0 spiro atoms. The van der Waals surface area contributed by atoms with Crippen LogP contribution in [0.3, 0.4) is 0 Å². The van der Waals surface area contributed by atoms with E-state index in [1.807, 2.05) is 0 Å². The van der Waals surface area contributed by atoms with Gasteiger partial charge in [0, 0.05) is 6.92 Å². The van der Waals surface area contributed by atoms with Crippen molar-refractivity contribution in [3.63, 3.8) is 0 Å². The lowest BCUT2D eigenvalue weighted by Crippen LogP contribution is -2.40. The number of nitrogens with zero attached hydrogens (tertiary/aromatic N) is 3. The molecule has 0 aromatic carbocycles. The van der Waals surface area contributed by atoms with Crippen molar-refractivity contribution in [1.82, 2.24) is 5.01 Å². The summed E-state index contributed by atoms with van der Waals surface area (Å²) in [4.78, 5) is 26.1. The lowest BCUT2D eigenvalue weighted by Gasteiger charge is -2.19. The van der Waals surface area contributed by atoms with E-state index in [9.17, 15) is 14.8 Å². The Kier molecular flexibility index (Phi) is 7.78. The Morgan fingerprint density at radius 3 is 2.45 bits per heavy atom. The minimum atomic E-state index is -1.19. The van der Waals surface area contributed by atoms with Gasteiger partial charge >= 0.3 is 12.1 Å². The Bertz CT molecular complexity index is 359. The third-order valence-corrected chi connectivity index (χ3v) is 1.90. The van der Waals surface area contributed by atoms with Crippen molar-refractivity contribution in [2.75, 3.05) is 13.2 Å². The minimum Gasteiger partial charge on any atom is -0.569 e. The molecule has 0 fully saturated rings. The highest BCUT2D eigenvalue weighted by molar-refractivity contribution is 5.68. The van der Waals surface area contributed by atoms with Crippen LogP contribution in [0.15, 0.2) is 5.28 Å². The third kappa shape index (κ3) is 7.24. The van der Waals surface area contributed by atoms with E-state index in [0.717, 1.165) is 5.01 Å². The van der Waals surface area contributed by atoms with Crippen molar-refractivity contribution in [1.29, 1.82) is 0 Å². The first-order valence-corrected chi connectivity index (χ1v) is 5.93. The molecule has 1 unspecified atom stereocenters. The van der Waals surface area contributed by atoms with Gasteiger partial charge in [-0.3, -0.25) is 9.63 Å². The summed E-state index contributed by atoms with van der Waals surface area (Å²) < 4.78 is 9.08. The van der Waals surface area contributed by atoms with Crippen LogP contribution in [0.4, 0.5) is 4.79 Å². The minimum absolute atomic E-state index is 0.0101. The van der Waals surface area contributed by atoms with Crippen LogP contribution in [0.1, 0.15) is 27.7 Å². The zero-order valence-electron chi connectivity index (χ0n) is 11.8. The lowest BCUT2D eigenvalue weighted by molar-refractivity contribution is -0.717.